The second-order valence-corrected chi connectivity index (χ2v) is 6.06. The molecule has 0 saturated carbocycles. The van der Waals surface area contributed by atoms with E-state index in [1.807, 2.05) is 54.6 Å². The third-order valence-corrected chi connectivity index (χ3v) is 4.25. The van der Waals surface area contributed by atoms with Gasteiger partial charge in [0.2, 0.25) is 0 Å². The van der Waals surface area contributed by atoms with Crippen LogP contribution in [0.1, 0.15) is 11.1 Å². The standard InChI is InChI=1S/C23H20N2O4/c1-28-21(26)13-11-17-9-6-10-18(12-14-22(27)29-2)23(17)20-15-19(24-25-20)16-7-4-3-5-8-16/h3-15H,1-2H3,(H,24,25)/b13-11+,14-12+. The Morgan fingerprint density at radius 1 is 0.862 bits per heavy atom. The fourth-order valence-corrected chi connectivity index (χ4v) is 2.84. The molecule has 0 spiro atoms. The number of hydrogen-bond donors (Lipinski definition) is 1. The van der Waals surface area contributed by atoms with E-state index in [1.54, 1.807) is 12.2 Å². The zero-order valence-electron chi connectivity index (χ0n) is 16.1. The number of H-pyrrole nitrogens is 1. The van der Waals surface area contributed by atoms with Crippen LogP contribution in [0.25, 0.3) is 34.7 Å². The largest absolute Gasteiger partial charge is 0.466 e. The van der Waals surface area contributed by atoms with E-state index >= 15 is 0 Å². The van der Waals surface area contributed by atoms with Gasteiger partial charge in [0.1, 0.15) is 0 Å². The number of nitrogens with one attached hydrogen (secondary N) is 1. The Morgan fingerprint density at radius 3 is 2.00 bits per heavy atom. The topological polar surface area (TPSA) is 81.3 Å². The molecule has 146 valence electrons. The minimum absolute atomic E-state index is 0.457. The summed E-state index contributed by atoms with van der Waals surface area (Å²) in [5.74, 6) is -0.915. The van der Waals surface area contributed by atoms with Crippen molar-refractivity contribution in [1.29, 1.82) is 0 Å². The number of aromatic amines is 1. The summed E-state index contributed by atoms with van der Waals surface area (Å²) in [5.41, 5.74) is 4.84. The molecule has 6 heteroatoms. The quantitative estimate of drug-likeness (QED) is 0.508. The van der Waals surface area contributed by atoms with Gasteiger partial charge >= 0.3 is 11.9 Å². The van der Waals surface area contributed by atoms with Crippen molar-refractivity contribution in [1.82, 2.24) is 10.2 Å². The first-order chi connectivity index (χ1) is 14.1. The van der Waals surface area contributed by atoms with Gasteiger partial charge in [-0.1, -0.05) is 48.5 Å². The number of aromatic nitrogens is 2. The number of benzene rings is 2. The minimum Gasteiger partial charge on any atom is -0.466 e. The van der Waals surface area contributed by atoms with Crippen LogP contribution in [0, 0.1) is 0 Å². The van der Waals surface area contributed by atoms with Gasteiger partial charge in [0.05, 0.1) is 25.6 Å². The van der Waals surface area contributed by atoms with Gasteiger partial charge < -0.3 is 9.47 Å². The maximum absolute atomic E-state index is 11.6. The highest BCUT2D eigenvalue weighted by atomic mass is 16.5. The molecule has 0 fully saturated rings. The lowest BCUT2D eigenvalue weighted by Gasteiger charge is -2.08. The summed E-state index contributed by atoms with van der Waals surface area (Å²) in [5, 5.41) is 7.47. The molecule has 6 nitrogen and oxygen atoms in total. The third-order valence-electron chi connectivity index (χ3n) is 4.25. The average molecular weight is 388 g/mol. The summed E-state index contributed by atoms with van der Waals surface area (Å²) in [7, 11) is 2.65. The van der Waals surface area contributed by atoms with Crippen molar-refractivity contribution in [3.63, 3.8) is 0 Å². The van der Waals surface area contributed by atoms with Gasteiger partial charge in [-0.25, -0.2) is 9.59 Å². The number of nitrogens with zero attached hydrogens (tertiary/aromatic N) is 1. The van der Waals surface area contributed by atoms with Crippen LogP contribution in [0.3, 0.4) is 0 Å². The molecule has 0 saturated heterocycles. The maximum Gasteiger partial charge on any atom is 0.330 e. The molecule has 0 amide bonds. The number of ether oxygens (including phenoxy) is 2. The molecule has 0 unspecified atom stereocenters. The summed E-state index contributed by atoms with van der Waals surface area (Å²) >= 11 is 0. The molecular weight excluding hydrogens is 368 g/mol. The molecule has 1 N–H and O–H groups in total. The Morgan fingerprint density at radius 2 is 1.45 bits per heavy atom. The van der Waals surface area contributed by atoms with Crippen molar-refractivity contribution in [2.24, 2.45) is 0 Å². The Labute approximate surface area is 168 Å². The minimum atomic E-state index is -0.457. The lowest BCUT2D eigenvalue weighted by molar-refractivity contribution is -0.135. The third kappa shape index (κ3) is 4.87. The smallest absolute Gasteiger partial charge is 0.330 e. The zero-order valence-corrected chi connectivity index (χ0v) is 16.1. The van der Waals surface area contributed by atoms with Crippen molar-refractivity contribution >= 4 is 24.1 Å². The van der Waals surface area contributed by atoms with Crippen LogP contribution in [0.2, 0.25) is 0 Å². The SMILES string of the molecule is COC(=O)/C=C/c1cccc(/C=C/C(=O)OC)c1-c1cc(-c2ccccc2)n[nH]1. The number of methoxy groups -OCH3 is 2. The molecule has 0 aliphatic heterocycles. The van der Waals surface area contributed by atoms with Crippen molar-refractivity contribution in [2.45, 2.75) is 0 Å². The van der Waals surface area contributed by atoms with Crippen molar-refractivity contribution in [3.05, 3.63) is 77.9 Å². The van der Waals surface area contributed by atoms with E-state index in [2.05, 4.69) is 19.7 Å². The summed E-state index contributed by atoms with van der Waals surface area (Å²) in [6, 6.07) is 17.3. The summed E-state index contributed by atoms with van der Waals surface area (Å²) in [6.45, 7) is 0. The monoisotopic (exact) mass is 388 g/mol. The molecule has 29 heavy (non-hydrogen) atoms. The van der Waals surface area contributed by atoms with Crippen molar-refractivity contribution in [3.8, 4) is 22.5 Å². The molecule has 3 rings (SSSR count). The highest BCUT2D eigenvalue weighted by molar-refractivity contribution is 5.93. The molecule has 2 aromatic carbocycles. The molecule has 0 aliphatic rings. The Kier molecular flexibility index (Phi) is 6.37. The highest BCUT2D eigenvalue weighted by Crippen LogP contribution is 2.31. The first kappa shape index (κ1) is 19.8. The van der Waals surface area contributed by atoms with Crippen molar-refractivity contribution < 1.29 is 19.1 Å². The summed E-state index contributed by atoms with van der Waals surface area (Å²) < 4.78 is 9.36. The fourth-order valence-electron chi connectivity index (χ4n) is 2.84. The van der Waals surface area contributed by atoms with E-state index in [0.29, 0.717) is 0 Å². The van der Waals surface area contributed by atoms with Gasteiger partial charge in [-0.05, 0) is 29.3 Å². The van der Waals surface area contributed by atoms with Gasteiger partial charge in [-0.15, -0.1) is 0 Å². The van der Waals surface area contributed by atoms with Gasteiger partial charge in [0.25, 0.3) is 0 Å². The summed E-state index contributed by atoms with van der Waals surface area (Å²) in [4.78, 5) is 23.1. The lowest BCUT2D eigenvalue weighted by Crippen LogP contribution is -1.96. The number of carbonyl (C=O) groups excluding carboxylic acids is 2. The molecule has 0 bridgehead atoms. The molecule has 3 aromatic rings. The van der Waals surface area contributed by atoms with Gasteiger partial charge in [-0.2, -0.15) is 5.10 Å². The molecule has 1 heterocycles. The van der Waals surface area contributed by atoms with E-state index in [4.69, 9.17) is 0 Å². The van der Waals surface area contributed by atoms with Crippen LogP contribution in [-0.4, -0.2) is 36.4 Å². The predicted octanol–water partition coefficient (Wildman–Crippen LogP) is 4.12. The van der Waals surface area contributed by atoms with Crippen LogP contribution >= 0.6 is 0 Å². The van der Waals surface area contributed by atoms with Crippen LogP contribution in [0.5, 0.6) is 0 Å². The summed E-state index contributed by atoms with van der Waals surface area (Å²) in [6.07, 6.45) is 6.03. The first-order valence-electron chi connectivity index (χ1n) is 8.88. The van der Waals surface area contributed by atoms with Gasteiger partial charge in [0.15, 0.2) is 0 Å². The van der Waals surface area contributed by atoms with Crippen LogP contribution in [0.15, 0.2) is 66.7 Å². The van der Waals surface area contributed by atoms with E-state index in [0.717, 1.165) is 33.6 Å². The Hall–Kier alpha value is -3.93. The fraction of sp³-hybridized carbons (Fsp3) is 0.0870. The second kappa shape index (κ2) is 9.32. The van der Waals surface area contributed by atoms with Crippen LogP contribution in [0.4, 0.5) is 0 Å². The first-order valence-corrected chi connectivity index (χ1v) is 8.88. The molecule has 1 aromatic heterocycles. The van der Waals surface area contributed by atoms with Crippen molar-refractivity contribution in [2.75, 3.05) is 14.2 Å². The molecule has 0 atom stereocenters. The van der Waals surface area contributed by atoms with E-state index in [9.17, 15) is 9.59 Å². The van der Waals surface area contributed by atoms with E-state index in [1.165, 1.54) is 26.4 Å². The maximum atomic E-state index is 11.6. The van der Waals surface area contributed by atoms with Gasteiger partial charge in [-0.3, -0.25) is 5.10 Å². The second-order valence-electron chi connectivity index (χ2n) is 6.06. The van der Waals surface area contributed by atoms with Crippen LogP contribution in [-0.2, 0) is 19.1 Å². The van der Waals surface area contributed by atoms with E-state index in [-0.39, 0.29) is 0 Å². The Bertz CT molecular complexity index is 1020. The van der Waals surface area contributed by atoms with Crippen LogP contribution < -0.4 is 0 Å². The number of hydrogen-bond acceptors (Lipinski definition) is 5. The molecule has 0 aliphatic carbocycles. The average Bonchev–Trinajstić information content (AvgIpc) is 3.26. The van der Waals surface area contributed by atoms with E-state index < -0.39 is 11.9 Å². The zero-order chi connectivity index (χ0) is 20.6. The highest BCUT2D eigenvalue weighted by Gasteiger charge is 2.12. The lowest BCUT2D eigenvalue weighted by atomic mass is 9.96. The van der Waals surface area contributed by atoms with Gasteiger partial charge in [0, 0.05) is 23.3 Å². The normalized spacial score (nSPS) is 11.1. The number of carbonyl (C=O) groups is 2. The predicted molar refractivity (Wildman–Crippen MR) is 112 cm³/mol. The number of rotatable bonds is 6. The number of esters is 2. The molecular formula is C23H20N2O4. The molecule has 0 radical (unpaired) electrons. The Balaban J connectivity index is 2.10.